The Balaban J connectivity index is 1.65. The van der Waals surface area contributed by atoms with Gasteiger partial charge in [-0.05, 0) is 26.0 Å². The smallest absolute Gasteiger partial charge is 0.319 e. The van der Waals surface area contributed by atoms with Crippen LogP contribution in [0.5, 0.6) is 5.88 Å². The third-order valence-electron chi connectivity index (χ3n) is 3.45. The van der Waals surface area contributed by atoms with E-state index in [0.29, 0.717) is 37.4 Å². The minimum atomic E-state index is -0.223. The summed E-state index contributed by atoms with van der Waals surface area (Å²) in [4.78, 5) is 18.1. The van der Waals surface area contributed by atoms with Crippen LogP contribution in [0.4, 0.5) is 10.5 Å². The van der Waals surface area contributed by atoms with E-state index in [-0.39, 0.29) is 6.03 Å². The molecule has 1 heterocycles. The first-order chi connectivity index (χ1) is 10.7. The van der Waals surface area contributed by atoms with Crippen LogP contribution in [-0.4, -0.2) is 62.4 Å². The Kier molecular flexibility index (Phi) is 6.42. The lowest BCUT2D eigenvalue weighted by Gasteiger charge is -2.15. The van der Waals surface area contributed by atoms with Crippen molar-refractivity contribution in [2.45, 2.75) is 18.9 Å². The van der Waals surface area contributed by atoms with Gasteiger partial charge in [0.05, 0.1) is 18.5 Å². The molecular formula is C15H24N4O3. The summed E-state index contributed by atoms with van der Waals surface area (Å²) in [6, 6.07) is 3.95. The van der Waals surface area contributed by atoms with E-state index in [2.05, 4.69) is 27.6 Å². The number of methoxy groups -OCH3 is 1. The number of carbonyl (C=O) groups excluding carboxylic acids is 1. The third-order valence-corrected chi connectivity index (χ3v) is 3.45. The van der Waals surface area contributed by atoms with Gasteiger partial charge in [-0.15, -0.1) is 0 Å². The summed E-state index contributed by atoms with van der Waals surface area (Å²) in [7, 11) is 3.70. The van der Waals surface area contributed by atoms with E-state index in [1.807, 2.05) is 0 Å². The van der Waals surface area contributed by atoms with Crippen molar-refractivity contribution >= 4 is 11.7 Å². The van der Waals surface area contributed by atoms with Crippen LogP contribution in [0.3, 0.4) is 0 Å². The molecule has 2 amide bonds. The van der Waals surface area contributed by atoms with Crippen molar-refractivity contribution in [3.05, 3.63) is 18.3 Å². The molecule has 0 aromatic carbocycles. The van der Waals surface area contributed by atoms with Crippen LogP contribution < -0.4 is 15.4 Å². The Hall–Kier alpha value is -1.86. The Morgan fingerprint density at radius 1 is 1.41 bits per heavy atom. The van der Waals surface area contributed by atoms with Crippen molar-refractivity contribution < 1.29 is 14.3 Å². The Morgan fingerprint density at radius 2 is 2.23 bits per heavy atom. The SMILES string of the molecule is COCCOc1ccc(NC(=O)NCCN(C)C2CC2)cn1. The number of hydrogen-bond donors (Lipinski definition) is 2. The Bertz CT molecular complexity index is 462. The van der Waals surface area contributed by atoms with Crippen molar-refractivity contribution in [1.29, 1.82) is 0 Å². The maximum Gasteiger partial charge on any atom is 0.319 e. The number of carbonyl (C=O) groups is 1. The van der Waals surface area contributed by atoms with Crippen LogP contribution in [0.2, 0.25) is 0 Å². The van der Waals surface area contributed by atoms with Crippen LogP contribution in [0.1, 0.15) is 12.8 Å². The first-order valence-corrected chi connectivity index (χ1v) is 7.52. The van der Waals surface area contributed by atoms with E-state index in [1.54, 1.807) is 25.4 Å². The number of ether oxygens (including phenoxy) is 2. The monoisotopic (exact) mass is 308 g/mol. The van der Waals surface area contributed by atoms with Gasteiger partial charge in [0.2, 0.25) is 5.88 Å². The van der Waals surface area contributed by atoms with Gasteiger partial charge in [0.1, 0.15) is 6.61 Å². The van der Waals surface area contributed by atoms with Crippen molar-refractivity contribution in [3.63, 3.8) is 0 Å². The van der Waals surface area contributed by atoms with Gasteiger partial charge in [-0.25, -0.2) is 9.78 Å². The van der Waals surface area contributed by atoms with Crippen molar-refractivity contribution in [3.8, 4) is 5.88 Å². The second-order valence-corrected chi connectivity index (χ2v) is 5.32. The number of pyridine rings is 1. The predicted molar refractivity (Wildman–Crippen MR) is 84.3 cm³/mol. The van der Waals surface area contributed by atoms with Crippen molar-refractivity contribution in [2.75, 3.05) is 45.8 Å². The highest BCUT2D eigenvalue weighted by Crippen LogP contribution is 2.24. The summed E-state index contributed by atoms with van der Waals surface area (Å²) in [5.74, 6) is 0.508. The second kappa shape index (κ2) is 8.55. The summed E-state index contributed by atoms with van der Waals surface area (Å²) in [6.07, 6.45) is 4.11. The van der Waals surface area contributed by atoms with E-state index in [9.17, 15) is 4.79 Å². The van der Waals surface area contributed by atoms with E-state index in [4.69, 9.17) is 9.47 Å². The lowest BCUT2D eigenvalue weighted by Crippen LogP contribution is -2.36. The first kappa shape index (κ1) is 16.5. The predicted octanol–water partition coefficient (Wildman–Crippen LogP) is 1.32. The zero-order valence-electron chi connectivity index (χ0n) is 13.2. The molecule has 1 aromatic rings. The van der Waals surface area contributed by atoms with Crippen molar-refractivity contribution in [1.82, 2.24) is 15.2 Å². The summed E-state index contributed by atoms with van der Waals surface area (Å²) >= 11 is 0. The van der Waals surface area contributed by atoms with Gasteiger partial charge in [-0.2, -0.15) is 0 Å². The number of aromatic nitrogens is 1. The molecule has 0 spiro atoms. The highest BCUT2D eigenvalue weighted by Gasteiger charge is 2.25. The van der Waals surface area contributed by atoms with Crippen LogP contribution in [0.25, 0.3) is 0 Å². The van der Waals surface area contributed by atoms with Gasteiger partial charge in [0.25, 0.3) is 0 Å². The molecule has 1 saturated carbocycles. The van der Waals surface area contributed by atoms with E-state index < -0.39 is 0 Å². The fourth-order valence-corrected chi connectivity index (χ4v) is 1.99. The average Bonchev–Trinajstić information content (AvgIpc) is 3.34. The van der Waals surface area contributed by atoms with Gasteiger partial charge in [-0.1, -0.05) is 0 Å². The van der Waals surface area contributed by atoms with Crippen LogP contribution in [0, 0.1) is 0 Å². The van der Waals surface area contributed by atoms with Crippen LogP contribution >= 0.6 is 0 Å². The largest absolute Gasteiger partial charge is 0.475 e. The zero-order valence-corrected chi connectivity index (χ0v) is 13.2. The number of urea groups is 1. The molecule has 0 unspecified atom stereocenters. The third kappa shape index (κ3) is 5.87. The number of nitrogens with zero attached hydrogens (tertiary/aromatic N) is 2. The van der Waals surface area contributed by atoms with Gasteiger partial charge in [0.15, 0.2) is 0 Å². The molecule has 1 fully saturated rings. The molecule has 7 nitrogen and oxygen atoms in total. The molecule has 7 heteroatoms. The standard InChI is InChI=1S/C15H24N4O3/c1-19(13-4-5-13)8-7-16-15(20)18-12-3-6-14(17-11-12)22-10-9-21-2/h3,6,11,13H,4-5,7-10H2,1-2H3,(H2,16,18,20). The molecular weight excluding hydrogens is 284 g/mol. The summed E-state index contributed by atoms with van der Waals surface area (Å²) in [6.45, 7) is 2.46. The number of hydrogen-bond acceptors (Lipinski definition) is 5. The highest BCUT2D eigenvalue weighted by atomic mass is 16.5. The quantitative estimate of drug-likeness (QED) is 0.673. The Morgan fingerprint density at radius 3 is 2.86 bits per heavy atom. The Labute approximate surface area is 131 Å². The zero-order chi connectivity index (χ0) is 15.8. The van der Waals surface area contributed by atoms with Gasteiger partial charge < -0.3 is 25.0 Å². The minimum Gasteiger partial charge on any atom is -0.475 e. The minimum absolute atomic E-state index is 0.223. The van der Waals surface area contributed by atoms with Crippen molar-refractivity contribution in [2.24, 2.45) is 0 Å². The molecule has 0 saturated heterocycles. The molecule has 1 aliphatic carbocycles. The number of nitrogens with one attached hydrogen (secondary N) is 2. The van der Waals surface area contributed by atoms with E-state index >= 15 is 0 Å². The summed E-state index contributed by atoms with van der Waals surface area (Å²) in [5.41, 5.74) is 0.632. The van der Waals surface area contributed by atoms with Gasteiger partial charge >= 0.3 is 6.03 Å². The number of likely N-dealkylation sites (N-methyl/N-ethyl adjacent to an activating group) is 1. The van der Waals surface area contributed by atoms with Gasteiger partial charge in [-0.3, -0.25) is 0 Å². The molecule has 122 valence electrons. The molecule has 1 aromatic heterocycles. The molecule has 0 atom stereocenters. The first-order valence-electron chi connectivity index (χ1n) is 7.52. The fraction of sp³-hybridized carbons (Fsp3) is 0.600. The van der Waals surface area contributed by atoms with E-state index in [0.717, 1.165) is 6.54 Å². The van der Waals surface area contributed by atoms with Crippen LogP contribution in [0.15, 0.2) is 18.3 Å². The average molecular weight is 308 g/mol. The summed E-state index contributed by atoms with van der Waals surface area (Å²) in [5, 5.41) is 5.58. The summed E-state index contributed by atoms with van der Waals surface area (Å²) < 4.78 is 10.2. The number of amides is 2. The normalized spacial score (nSPS) is 14.0. The molecule has 22 heavy (non-hydrogen) atoms. The number of anilines is 1. The van der Waals surface area contributed by atoms with E-state index in [1.165, 1.54) is 12.8 Å². The molecule has 0 aliphatic heterocycles. The maximum absolute atomic E-state index is 11.8. The fourth-order valence-electron chi connectivity index (χ4n) is 1.99. The lowest BCUT2D eigenvalue weighted by molar-refractivity contribution is 0.144. The number of rotatable bonds is 9. The topological polar surface area (TPSA) is 75.7 Å². The second-order valence-electron chi connectivity index (χ2n) is 5.32. The lowest BCUT2D eigenvalue weighted by atomic mass is 10.4. The van der Waals surface area contributed by atoms with Crippen LogP contribution in [-0.2, 0) is 4.74 Å². The molecule has 2 N–H and O–H groups in total. The molecule has 0 radical (unpaired) electrons. The molecule has 2 rings (SSSR count). The molecule has 0 bridgehead atoms. The highest BCUT2D eigenvalue weighted by molar-refractivity contribution is 5.88. The molecule has 1 aliphatic rings. The maximum atomic E-state index is 11.8. The van der Waals surface area contributed by atoms with Gasteiger partial charge in [0, 0.05) is 32.3 Å².